The summed E-state index contributed by atoms with van der Waals surface area (Å²) < 4.78 is 5.58. The van der Waals surface area contributed by atoms with Crippen LogP contribution in [0.3, 0.4) is 0 Å². The van der Waals surface area contributed by atoms with E-state index in [1.807, 2.05) is 24.0 Å². The van der Waals surface area contributed by atoms with Crippen LogP contribution in [0.1, 0.15) is 28.9 Å². The Morgan fingerprint density at radius 3 is 2.74 bits per heavy atom. The van der Waals surface area contributed by atoms with Crippen LogP contribution < -0.4 is 0 Å². The third kappa shape index (κ3) is 3.40. The van der Waals surface area contributed by atoms with Crippen LogP contribution in [0.2, 0.25) is 0 Å². The average molecular weight is 317 g/mol. The summed E-state index contributed by atoms with van der Waals surface area (Å²) in [5.41, 5.74) is 1.86. The van der Waals surface area contributed by atoms with Crippen LogP contribution in [0.5, 0.6) is 0 Å². The second kappa shape index (κ2) is 6.57. The van der Waals surface area contributed by atoms with Crippen LogP contribution in [0.4, 0.5) is 0 Å². The van der Waals surface area contributed by atoms with Crippen molar-refractivity contribution < 1.29 is 9.53 Å². The fourth-order valence-electron chi connectivity index (χ4n) is 4.00. The number of carbonyl (C=O) groups excluding carboxylic acids is 1. The van der Waals surface area contributed by atoms with Crippen LogP contribution in [-0.4, -0.2) is 67.6 Å². The predicted octanol–water partition coefficient (Wildman–Crippen LogP) is 1.82. The third-order valence-electron chi connectivity index (χ3n) is 5.33. The molecule has 0 N–H and O–H groups in total. The number of aryl methyl sites for hydroxylation is 1. The normalized spacial score (nSPS) is 23.7. The number of ether oxygens (including phenoxy) is 1. The molecule has 2 fully saturated rings. The highest BCUT2D eigenvalue weighted by atomic mass is 16.5. The molecule has 126 valence electrons. The van der Waals surface area contributed by atoms with Crippen molar-refractivity contribution in [2.75, 3.05) is 46.9 Å². The highest BCUT2D eigenvalue weighted by molar-refractivity contribution is 5.94. The Labute approximate surface area is 138 Å². The Morgan fingerprint density at radius 2 is 2.13 bits per heavy atom. The molecular weight excluding hydrogens is 290 g/mol. The summed E-state index contributed by atoms with van der Waals surface area (Å²) in [4.78, 5) is 21.4. The first-order valence-electron chi connectivity index (χ1n) is 8.45. The molecule has 0 unspecified atom stereocenters. The maximum absolute atomic E-state index is 12.9. The maximum atomic E-state index is 12.9. The van der Waals surface area contributed by atoms with Gasteiger partial charge in [0.15, 0.2) is 0 Å². The molecule has 0 aliphatic carbocycles. The number of hydrogen-bond donors (Lipinski definition) is 0. The number of nitrogens with zero attached hydrogens (tertiary/aromatic N) is 3. The molecule has 0 aromatic carbocycles. The van der Waals surface area contributed by atoms with Gasteiger partial charge < -0.3 is 14.5 Å². The highest BCUT2D eigenvalue weighted by Gasteiger charge is 2.48. The van der Waals surface area contributed by atoms with Crippen molar-refractivity contribution in [1.82, 2.24) is 14.8 Å². The lowest BCUT2D eigenvalue weighted by Crippen LogP contribution is -2.40. The topological polar surface area (TPSA) is 45.7 Å². The molecule has 1 aromatic rings. The van der Waals surface area contributed by atoms with Crippen molar-refractivity contribution in [3.05, 3.63) is 29.6 Å². The summed E-state index contributed by atoms with van der Waals surface area (Å²) in [6.45, 7) is 6.28. The quantitative estimate of drug-likeness (QED) is 0.853. The van der Waals surface area contributed by atoms with Crippen LogP contribution in [0.25, 0.3) is 0 Å². The smallest absolute Gasteiger partial charge is 0.255 e. The second-order valence-electron chi connectivity index (χ2n) is 7.31. The van der Waals surface area contributed by atoms with Crippen LogP contribution in [0.15, 0.2) is 18.3 Å². The summed E-state index contributed by atoms with van der Waals surface area (Å²) in [7, 11) is 4.23. The molecule has 1 aromatic heterocycles. The number of pyridine rings is 1. The van der Waals surface area contributed by atoms with E-state index in [0.29, 0.717) is 11.5 Å². The van der Waals surface area contributed by atoms with Crippen molar-refractivity contribution in [3.8, 4) is 0 Å². The van der Waals surface area contributed by atoms with Gasteiger partial charge >= 0.3 is 0 Å². The van der Waals surface area contributed by atoms with Gasteiger partial charge in [0.05, 0.1) is 5.56 Å². The van der Waals surface area contributed by atoms with Crippen molar-refractivity contribution in [2.45, 2.75) is 19.8 Å². The molecule has 5 nitrogen and oxygen atoms in total. The van der Waals surface area contributed by atoms with Gasteiger partial charge in [0.1, 0.15) is 0 Å². The maximum Gasteiger partial charge on any atom is 0.255 e. The average Bonchev–Trinajstić information content (AvgIpc) is 2.85. The molecule has 0 saturated carbocycles. The van der Waals surface area contributed by atoms with E-state index < -0.39 is 0 Å². The number of aromatic nitrogens is 1. The van der Waals surface area contributed by atoms with E-state index in [-0.39, 0.29) is 11.3 Å². The first-order chi connectivity index (χ1) is 11.0. The Hall–Kier alpha value is -1.46. The lowest BCUT2D eigenvalue weighted by molar-refractivity contribution is -0.00451. The SMILES string of the molecule is Cc1ccc(C(=O)N2C[C@H](CN(C)C)C3(CCOCC3)C2)cn1. The Kier molecular flexibility index (Phi) is 4.69. The Morgan fingerprint density at radius 1 is 1.39 bits per heavy atom. The molecule has 5 heteroatoms. The number of likely N-dealkylation sites (tertiary alicyclic amines) is 1. The van der Waals surface area contributed by atoms with E-state index in [1.165, 1.54) is 0 Å². The lowest BCUT2D eigenvalue weighted by atomic mass is 9.72. The van der Waals surface area contributed by atoms with E-state index in [4.69, 9.17) is 4.74 Å². The second-order valence-corrected chi connectivity index (χ2v) is 7.31. The van der Waals surface area contributed by atoms with E-state index in [0.717, 1.165) is 51.4 Å². The number of carbonyl (C=O) groups is 1. The molecule has 2 aliphatic heterocycles. The van der Waals surface area contributed by atoms with Gasteiger partial charge in [0.2, 0.25) is 0 Å². The van der Waals surface area contributed by atoms with Gasteiger partial charge in [-0.25, -0.2) is 0 Å². The fourth-order valence-corrected chi connectivity index (χ4v) is 4.00. The zero-order valence-corrected chi connectivity index (χ0v) is 14.4. The van der Waals surface area contributed by atoms with E-state index in [1.54, 1.807) is 6.20 Å². The van der Waals surface area contributed by atoms with Gasteiger partial charge in [-0.1, -0.05) is 0 Å². The van der Waals surface area contributed by atoms with Crippen molar-refractivity contribution >= 4 is 5.91 Å². The minimum Gasteiger partial charge on any atom is -0.381 e. The van der Waals surface area contributed by atoms with Gasteiger partial charge in [-0.15, -0.1) is 0 Å². The number of rotatable bonds is 3. The molecule has 0 radical (unpaired) electrons. The lowest BCUT2D eigenvalue weighted by Gasteiger charge is -2.38. The summed E-state index contributed by atoms with van der Waals surface area (Å²) in [6, 6.07) is 3.80. The zero-order chi connectivity index (χ0) is 16.4. The summed E-state index contributed by atoms with van der Waals surface area (Å²) >= 11 is 0. The predicted molar refractivity (Wildman–Crippen MR) is 89.4 cm³/mol. The van der Waals surface area contributed by atoms with Gasteiger partial charge in [0.25, 0.3) is 5.91 Å². The van der Waals surface area contributed by atoms with Crippen LogP contribution in [0, 0.1) is 18.3 Å². The number of hydrogen-bond acceptors (Lipinski definition) is 4. The van der Waals surface area contributed by atoms with Crippen LogP contribution in [-0.2, 0) is 4.74 Å². The van der Waals surface area contributed by atoms with Crippen LogP contribution >= 0.6 is 0 Å². The molecule has 1 amide bonds. The monoisotopic (exact) mass is 317 g/mol. The molecular formula is C18H27N3O2. The van der Waals surface area contributed by atoms with Crippen molar-refractivity contribution in [1.29, 1.82) is 0 Å². The van der Waals surface area contributed by atoms with E-state index in [9.17, 15) is 4.79 Å². The Bertz CT molecular complexity index is 550. The zero-order valence-electron chi connectivity index (χ0n) is 14.4. The van der Waals surface area contributed by atoms with Gasteiger partial charge in [-0.3, -0.25) is 9.78 Å². The van der Waals surface area contributed by atoms with E-state index >= 15 is 0 Å². The van der Waals surface area contributed by atoms with Gasteiger partial charge in [0, 0.05) is 44.7 Å². The summed E-state index contributed by atoms with van der Waals surface area (Å²) in [5.74, 6) is 0.633. The molecule has 0 bridgehead atoms. The highest BCUT2D eigenvalue weighted by Crippen LogP contribution is 2.44. The summed E-state index contributed by atoms with van der Waals surface area (Å²) in [6.07, 6.45) is 3.82. The minimum atomic E-state index is 0.115. The summed E-state index contributed by atoms with van der Waals surface area (Å²) in [5, 5.41) is 0. The third-order valence-corrected chi connectivity index (χ3v) is 5.33. The molecule has 1 atom stereocenters. The molecule has 2 saturated heterocycles. The first-order valence-corrected chi connectivity index (χ1v) is 8.45. The van der Waals surface area contributed by atoms with Crippen molar-refractivity contribution in [2.24, 2.45) is 11.3 Å². The van der Waals surface area contributed by atoms with E-state index in [2.05, 4.69) is 24.0 Å². The molecule has 3 heterocycles. The molecule has 2 aliphatic rings. The minimum absolute atomic E-state index is 0.115. The van der Waals surface area contributed by atoms with Gasteiger partial charge in [-0.05, 0) is 57.3 Å². The largest absolute Gasteiger partial charge is 0.381 e. The molecule has 23 heavy (non-hydrogen) atoms. The molecule has 3 rings (SSSR count). The Balaban J connectivity index is 1.78. The fraction of sp³-hybridized carbons (Fsp3) is 0.667. The van der Waals surface area contributed by atoms with Crippen molar-refractivity contribution in [3.63, 3.8) is 0 Å². The first kappa shape index (κ1) is 16.4. The van der Waals surface area contributed by atoms with Gasteiger partial charge in [-0.2, -0.15) is 0 Å². The molecule has 1 spiro atoms. The number of amides is 1. The standard InChI is InChI=1S/C18H27N3O2/c1-14-4-5-15(10-19-14)17(22)21-12-16(11-20(2)3)18(13-21)6-8-23-9-7-18/h4-5,10,16H,6-9,11-13H2,1-3H3/t16-/m0/s1.